The molecular formula is C19H15N2O+. The Bertz CT molecular complexity index is 972. The molecule has 2 heterocycles. The van der Waals surface area contributed by atoms with Crippen LogP contribution in [0.3, 0.4) is 0 Å². The molecule has 0 saturated carbocycles. The average Bonchev–Trinajstić information content (AvgIpc) is 3.16. The predicted octanol–water partition coefficient (Wildman–Crippen LogP) is 2.63. The van der Waals surface area contributed by atoms with Crippen molar-refractivity contribution in [3.8, 4) is 11.1 Å². The molecule has 4 aromatic rings. The Hall–Kier alpha value is -3.07. The lowest BCUT2D eigenvalue weighted by atomic mass is 10.1. The number of hydrogen-bond donors (Lipinski definition) is 1. The molecule has 0 aliphatic rings. The van der Waals surface area contributed by atoms with Gasteiger partial charge in [-0.3, -0.25) is 0 Å². The van der Waals surface area contributed by atoms with Gasteiger partial charge in [-0.05, 0) is 5.56 Å². The van der Waals surface area contributed by atoms with Gasteiger partial charge in [0.15, 0.2) is 11.1 Å². The van der Waals surface area contributed by atoms with Crippen LogP contribution in [0.2, 0.25) is 0 Å². The van der Waals surface area contributed by atoms with Gasteiger partial charge in [0, 0.05) is 11.6 Å². The third-order valence-electron chi connectivity index (χ3n) is 3.82. The van der Waals surface area contributed by atoms with E-state index in [2.05, 4.69) is 12.1 Å². The summed E-state index contributed by atoms with van der Waals surface area (Å²) in [4.78, 5) is 0. The second-order valence-corrected chi connectivity index (χ2v) is 5.19. The minimum absolute atomic E-state index is 0.276. The fourth-order valence-electron chi connectivity index (χ4n) is 2.77. The number of aromatic nitrogens is 2. The number of aliphatic hydroxyl groups excluding tert-OH is 1. The second-order valence-electron chi connectivity index (χ2n) is 5.19. The first-order valence-electron chi connectivity index (χ1n) is 7.20. The molecule has 2 aromatic heterocycles. The molecule has 0 spiro atoms. The van der Waals surface area contributed by atoms with E-state index in [4.69, 9.17) is 0 Å². The molecule has 3 nitrogen and oxygen atoms in total. The molecule has 4 rings (SSSR count). The number of fused-ring (bicyclic) bond motifs is 1. The highest BCUT2D eigenvalue weighted by Crippen LogP contribution is 2.16. The molecule has 0 aliphatic heterocycles. The van der Waals surface area contributed by atoms with Crippen molar-refractivity contribution >= 4 is 5.76 Å². The maximum atomic E-state index is 10.8. The van der Waals surface area contributed by atoms with E-state index in [0.717, 1.165) is 22.0 Å². The summed E-state index contributed by atoms with van der Waals surface area (Å²) in [5.74, 6) is 0.276. The first kappa shape index (κ1) is 12.7. The number of rotatable bonds is 2. The summed E-state index contributed by atoms with van der Waals surface area (Å²) in [6.45, 7) is 0. The predicted molar refractivity (Wildman–Crippen MR) is 85.3 cm³/mol. The number of benzene rings is 2. The van der Waals surface area contributed by atoms with Gasteiger partial charge < -0.3 is 5.11 Å². The standard InChI is InChI=1S/C19H14N2O/c22-19(16-10-5-2-6-11-16)18-17(15-8-3-1-4-9-15)14-20-12-7-13-21(18)20/h1-14H/p+1/b19-18-. The van der Waals surface area contributed by atoms with Crippen LogP contribution in [-0.2, 0) is 0 Å². The molecule has 106 valence electrons. The fraction of sp³-hybridized carbons (Fsp3) is 0. The van der Waals surface area contributed by atoms with Gasteiger partial charge in [0.05, 0.1) is 11.8 Å². The summed E-state index contributed by atoms with van der Waals surface area (Å²) in [5.41, 5.74) is 2.89. The Morgan fingerprint density at radius 1 is 0.864 bits per heavy atom. The maximum Gasteiger partial charge on any atom is 0.210 e. The van der Waals surface area contributed by atoms with E-state index in [9.17, 15) is 5.11 Å². The molecule has 0 atom stereocenters. The van der Waals surface area contributed by atoms with E-state index >= 15 is 0 Å². The Balaban J connectivity index is 2.10. The lowest BCUT2D eigenvalue weighted by molar-refractivity contribution is -0.613. The summed E-state index contributed by atoms with van der Waals surface area (Å²) in [5, 5.41) is 11.6. The molecule has 0 aliphatic carbocycles. The zero-order valence-electron chi connectivity index (χ0n) is 11.9. The van der Waals surface area contributed by atoms with Crippen LogP contribution < -0.4 is 9.86 Å². The van der Waals surface area contributed by atoms with Crippen LogP contribution in [0.4, 0.5) is 0 Å². The topological polar surface area (TPSA) is 28.7 Å². The van der Waals surface area contributed by atoms with Crippen LogP contribution in [0, 0.1) is 0 Å². The van der Waals surface area contributed by atoms with Crippen LogP contribution in [0.5, 0.6) is 0 Å². The minimum atomic E-state index is 0.276. The summed E-state index contributed by atoms with van der Waals surface area (Å²) >= 11 is 0. The fourth-order valence-corrected chi connectivity index (χ4v) is 2.77. The third-order valence-corrected chi connectivity index (χ3v) is 3.82. The van der Waals surface area contributed by atoms with Crippen LogP contribution in [0.15, 0.2) is 85.3 Å². The molecule has 0 fully saturated rings. The van der Waals surface area contributed by atoms with E-state index in [1.165, 1.54) is 0 Å². The zero-order chi connectivity index (χ0) is 14.9. The quantitative estimate of drug-likeness (QED) is 0.564. The highest BCUT2D eigenvalue weighted by Gasteiger charge is 2.17. The van der Waals surface area contributed by atoms with E-state index in [-0.39, 0.29) is 5.76 Å². The SMILES string of the molecule is O/C(c1ccccc1)=c1/c(-c2ccccc2)c[n+]2cccn12. The van der Waals surface area contributed by atoms with E-state index in [1.807, 2.05) is 82.2 Å². The molecule has 0 radical (unpaired) electrons. The third kappa shape index (κ3) is 1.95. The van der Waals surface area contributed by atoms with Gasteiger partial charge in [0.25, 0.3) is 0 Å². The first-order valence-corrected chi connectivity index (χ1v) is 7.20. The minimum Gasteiger partial charge on any atom is -0.505 e. The molecule has 0 saturated heterocycles. The monoisotopic (exact) mass is 287 g/mol. The lowest BCUT2D eigenvalue weighted by Crippen LogP contribution is -2.29. The van der Waals surface area contributed by atoms with Gasteiger partial charge in [0.1, 0.15) is 0 Å². The lowest BCUT2D eigenvalue weighted by Gasteiger charge is -2.00. The molecule has 22 heavy (non-hydrogen) atoms. The van der Waals surface area contributed by atoms with Gasteiger partial charge in [-0.1, -0.05) is 65.2 Å². The summed E-state index contributed by atoms with van der Waals surface area (Å²) in [6, 6.07) is 21.7. The molecule has 1 N–H and O–H groups in total. The molecule has 3 heteroatoms. The highest BCUT2D eigenvalue weighted by molar-refractivity contribution is 5.68. The van der Waals surface area contributed by atoms with Crippen LogP contribution in [-0.4, -0.2) is 9.62 Å². The van der Waals surface area contributed by atoms with Crippen molar-refractivity contribution < 1.29 is 9.62 Å². The zero-order valence-corrected chi connectivity index (χ0v) is 11.9. The maximum absolute atomic E-state index is 10.8. The van der Waals surface area contributed by atoms with Gasteiger partial charge in [0.2, 0.25) is 12.4 Å². The highest BCUT2D eigenvalue weighted by atomic mass is 16.3. The van der Waals surface area contributed by atoms with Crippen molar-refractivity contribution in [2.24, 2.45) is 0 Å². The number of nitrogens with zero attached hydrogens (tertiary/aromatic N) is 2. The van der Waals surface area contributed by atoms with Gasteiger partial charge in [-0.2, -0.15) is 0 Å². The van der Waals surface area contributed by atoms with Crippen molar-refractivity contribution in [2.45, 2.75) is 0 Å². The van der Waals surface area contributed by atoms with Crippen molar-refractivity contribution in [2.75, 3.05) is 0 Å². The van der Waals surface area contributed by atoms with Gasteiger partial charge in [-0.25, -0.2) is 0 Å². The Labute approximate surface area is 128 Å². The smallest absolute Gasteiger partial charge is 0.210 e. The summed E-state index contributed by atoms with van der Waals surface area (Å²) in [7, 11) is 0. The van der Waals surface area contributed by atoms with Crippen molar-refractivity contribution in [3.63, 3.8) is 0 Å². The van der Waals surface area contributed by atoms with Gasteiger partial charge in [-0.15, -0.1) is 4.52 Å². The van der Waals surface area contributed by atoms with Crippen molar-refractivity contribution in [1.29, 1.82) is 0 Å². The van der Waals surface area contributed by atoms with Crippen molar-refractivity contribution in [3.05, 3.63) is 96.2 Å². The molecule has 0 bridgehead atoms. The van der Waals surface area contributed by atoms with Crippen molar-refractivity contribution in [1.82, 2.24) is 4.52 Å². The van der Waals surface area contributed by atoms with E-state index < -0.39 is 0 Å². The van der Waals surface area contributed by atoms with Gasteiger partial charge >= 0.3 is 0 Å². The van der Waals surface area contributed by atoms with Crippen LogP contribution >= 0.6 is 0 Å². The Kier molecular flexibility index (Phi) is 2.90. The Morgan fingerprint density at radius 2 is 1.55 bits per heavy atom. The average molecular weight is 287 g/mol. The van der Waals surface area contributed by atoms with E-state index in [0.29, 0.717) is 0 Å². The molecular weight excluding hydrogens is 272 g/mol. The molecule has 0 unspecified atom stereocenters. The largest absolute Gasteiger partial charge is 0.505 e. The number of aliphatic hydroxyl groups is 1. The van der Waals surface area contributed by atoms with E-state index in [1.54, 1.807) is 0 Å². The van der Waals surface area contributed by atoms with Crippen LogP contribution in [0.1, 0.15) is 5.56 Å². The summed E-state index contributed by atoms with van der Waals surface area (Å²) in [6.07, 6.45) is 5.94. The first-order chi connectivity index (χ1) is 10.8. The molecule has 0 amide bonds. The number of hydrogen-bond acceptors (Lipinski definition) is 1. The summed E-state index contributed by atoms with van der Waals surface area (Å²) < 4.78 is 3.92. The second kappa shape index (κ2) is 5.04. The van der Waals surface area contributed by atoms with Crippen LogP contribution in [0.25, 0.3) is 16.9 Å². The normalized spacial score (nSPS) is 12.5. The molecule has 2 aromatic carbocycles. The Morgan fingerprint density at radius 3 is 2.27 bits per heavy atom.